The molecule has 1 aliphatic rings. The summed E-state index contributed by atoms with van der Waals surface area (Å²) < 4.78 is 0. The molecule has 0 aliphatic carbocycles. The molecule has 3 heteroatoms. The Bertz CT molecular complexity index is 115. The summed E-state index contributed by atoms with van der Waals surface area (Å²) in [6.45, 7) is 0. The topological polar surface area (TPSA) is 41.8 Å². The highest BCUT2D eigenvalue weighted by Crippen LogP contribution is 1.90. The van der Waals surface area contributed by atoms with Crippen LogP contribution in [-0.2, 0) is 4.79 Å². The van der Waals surface area contributed by atoms with E-state index in [0.29, 0.717) is 0 Å². The number of carbonyl (C=O) groups is 1. The zero-order chi connectivity index (χ0) is 4.41. The molecule has 0 bridgehead atoms. The van der Waals surface area contributed by atoms with Crippen LogP contribution in [0.25, 0.3) is 0 Å². The Morgan fingerprint density at radius 2 is 2.67 bits per heavy atom. The lowest BCUT2D eigenvalue weighted by molar-refractivity contribution is -0.113. The molecule has 1 heterocycles. The second kappa shape index (κ2) is 1.01. The molecule has 6 heavy (non-hydrogen) atoms. The van der Waals surface area contributed by atoms with Crippen molar-refractivity contribution in [2.24, 2.45) is 10.2 Å². The van der Waals surface area contributed by atoms with Crippen LogP contribution in [0.4, 0.5) is 0 Å². The molecule has 0 unspecified atom stereocenters. The zero-order valence-corrected chi connectivity index (χ0v) is 2.96. The highest BCUT2D eigenvalue weighted by Gasteiger charge is 1.92. The fourth-order valence-corrected chi connectivity index (χ4v) is 0.221. The number of amides is 1. The largest absolute Gasteiger partial charge is 1.00 e. The molecule has 30 valence electrons. The molecule has 0 N–H and O–H groups in total. The molecular formula is C3H3N2O+. The average molecular weight is 83.1 g/mol. The average Bonchev–Trinajstić information content (AvgIpc) is 1.86. The Kier molecular flexibility index (Phi) is 0.538. The van der Waals surface area contributed by atoms with Gasteiger partial charge in [0.1, 0.15) is 0 Å². The number of hydrogen-bond acceptors (Lipinski definition) is 2. The molecule has 0 aromatic heterocycles. The molecule has 1 amide bonds. The molecule has 3 nitrogen and oxygen atoms in total. The number of rotatable bonds is 0. The van der Waals surface area contributed by atoms with Gasteiger partial charge < -0.3 is 0 Å². The Hall–Kier alpha value is -0.990. The Labute approximate surface area is 35.9 Å². The molecule has 0 saturated carbocycles. The van der Waals surface area contributed by atoms with Crippen LogP contribution in [-0.4, -0.2) is 5.91 Å². The minimum atomic E-state index is -0.269. The monoisotopic (exact) mass is 83.0 g/mol. The SMILES string of the molecule is O=C1C=CN=N1.[H+]. The summed E-state index contributed by atoms with van der Waals surface area (Å²) in [6.07, 6.45) is 2.67. The minimum absolute atomic E-state index is 0. The molecule has 0 fully saturated rings. The van der Waals surface area contributed by atoms with Gasteiger partial charge in [-0.25, -0.2) is 0 Å². The Morgan fingerprint density at radius 1 is 1.83 bits per heavy atom. The maximum Gasteiger partial charge on any atom is 1.00 e. The zero-order valence-electron chi connectivity index (χ0n) is 3.96. The van der Waals surface area contributed by atoms with Gasteiger partial charge in [-0.15, -0.1) is 5.11 Å². The Morgan fingerprint density at radius 3 is 2.83 bits per heavy atom. The third-order valence-corrected chi connectivity index (χ3v) is 0.440. The maximum absolute atomic E-state index is 9.90. The number of carbonyl (C=O) groups excluding carboxylic acids is 1. The summed E-state index contributed by atoms with van der Waals surface area (Å²) >= 11 is 0. The first kappa shape index (κ1) is 3.21. The van der Waals surface area contributed by atoms with Gasteiger partial charge in [0.05, 0.1) is 6.20 Å². The van der Waals surface area contributed by atoms with Crippen molar-refractivity contribution in [2.45, 2.75) is 0 Å². The van der Waals surface area contributed by atoms with Crippen LogP contribution >= 0.6 is 0 Å². The van der Waals surface area contributed by atoms with E-state index in [1.165, 1.54) is 12.3 Å². The van der Waals surface area contributed by atoms with Gasteiger partial charge in [0.25, 0.3) is 5.91 Å². The van der Waals surface area contributed by atoms with E-state index in [4.69, 9.17) is 0 Å². The molecule has 0 aromatic rings. The van der Waals surface area contributed by atoms with Crippen LogP contribution in [0.3, 0.4) is 0 Å². The van der Waals surface area contributed by atoms with Crippen molar-refractivity contribution in [3.8, 4) is 0 Å². The maximum atomic E-state index is 9.90. The van der Waals surface area contributed by atoms with Crippen molar-refractivity contribution in [3.63, 3.8) is 0 Å². The van der Waals surface area contributed by atoms with Crippen LogP contribution < -0.4 is 0 Å². The first-order valence-corrected chi connectivity index (χ1v) is 1.51. The van der Waals surface area contributed by atoms with E-state index in [0.717, 1.165) is 0 Å². The Balaban J connectivity index is 0.000000360. The van der Waals surface area contributed by atoms with Crippen LogP contribution in [0, 0.1) is 0 Å². The second-order valence-electron chi connectivity index (χ2n) is 0.869. The van der Waals surface area contributed by atoms with Crippen molar-refractivity contribution in [2.75, 3.05) is 0 Å². The van der Waals surface area contributed by atoms with E-state index in [1.54, 1.807) is 0 Å². The normalized spacial score (nSPS) is 17.0. The van der Waals surface area contributed by atoms with Crippen LogP contribution in [0.5, 0.6) is 0 Å². The standard InChI is InChI=1S/C3H2N2O/c6-3-1-2-4-5-3/h1-2H/p+1. The van der Waals surface area contributed by atoms with Gasteiger partial charge >= 0.3 is 1.43 Å². The van der Waals surface area contributed by atoms with E-state index in [2.05, 4.69) is 10.2 Å². The summed E-state index contributed by atoms with van der Waals surface area (Å²) in [4.78, 5) is 9.90. The van der Waals surface area contributed by atoms with E-state index in [9.17, 15) is 4.79 Å². The van der Waals surface area contributed by atoms with Gasteiger partial charge in [-0.1, -0.05) is 0 Å². The van der Waals surface area contributed by atoms with Crippen LogP contribution in [0.15, 0.2) is 22.5 Å². The molecular weight excluding hydrogens is 80.0 g/mol. The van der Waals surface area contributed by atoms with Crippen molar-refractivity contribution in [1.29, 1.82) is 0 Å². The molecule has 0 aromatic carbocycles. The number of hydrogen-bond donors (Lipinski definition) is 0. The summed E-state index contributed by atoms with van der Waals surface area (Å²) in [6, 6.07) is 0. The third-order valence-electron chi connectivity index (χ3n) is 0.440. The highest BCUT2D eigenvalue weighted by molar-refractivity contribution is 5.89. The molecule has 0 spiro atoms. The van der Waals surface area contributed by atoms with E-state index >= 15 is 0 Å². The third kappa shape index (κ3) is 0.337. The van der Waals surface area contributed by atoms with Gasteiger partial charge in [0.2, 0.25) is 0 Å². The summed E-state index contributed by atoms with van der Waals surface area (Å²) in [5.74, 6) is -0.269. The number of azo groups is 1. The lowest BCUT2D eigenvalue weighted by Crippen LogP contribution is -1.74. The quantitative estimate of drug-likeness (QED) is 0.423. The van der Waals surface area contributed by atoms with Gasteiger partial charge in [-0.2, -0.15) is 5.11 Å². The van der Waals surface area contributed by atoms with Crippen LogP contribution in [0.2, 0.25) is 0 Å². The van der Waals surface area contributed by atoms with Gasteiger partial charge in [0.15, 0.2) is 0 Å². The summed E-state index contributed by atoms with van der Waals surface area (Å²) in [5, 5.41) is 6.37. The van der Waals surface area contributed by atoms with Gasteiger partial charge in [0, 0.05) is 6.08 Å². The fraction of sp³-hybridized carbons (Fsp3) is 0. The van der Waals surface area contributed by atoms with E-state index < -0.39 is 0 Å². The highest BCUT2D eigenvalue weighted by atomic mass is 16.1. The number of nitrogens with zero attached hydrogens (tertiary/aromatic N) is 2. The van der Waals surface area contributed by atoms with Gasteiger partial charge in [-0.05, 0) is 0 Å². The van der Waals surface area contributed by atoms with Crippen molar-refractivity contribution < 1.29 is 6.22 Å². The first-order chi connectivity index (χ1) is 2.89. The predicted octanol–water partition coefficient (Wildman–Crippen LogP) is 0.605. The minimum Gasteiger partial charge on any atom is -0.266 e. The smallest absolute Gasteiger partial charge is 0.266 e. The van der Waals surface area contributed by atoms with Crippen molar-refractivity contribution in [3.05, 3.63) is 12.3 Å². The first-order valence-electron chi connectivity index (χ1n) is 1.51. The lowest BCUT2D eigenvalue weighted by Gasteiger charge is -1.59. The van der Waals surface area contributed by atoms with Crippen molar-refractivity contribution in [1.82, 2.24) is 0 Å². The molecule has 1 rings (SSSR count). The molecule has 1 aliphatic heterocycles. The predicted molar refractivity (Wildman–Crippen MR) is 20.1 cm³/mol. The van der Waals surface area contributed by atoms with Crippen molar-refractivity contribution >= 4 is 5.91 Å². The lowest BCUT2D eigenvalue weighted by atomic mass is 10.6. The molecule has 0 radical (unpaired) electrons. The summed E-state index contributed by atoms with van der Waals surface area (Å²) in [7, 11) is 0. The molecule has 0 atom stereocenters. The van der Waals surface area contributed by atoms with E-state index in [1.807, 2.05) is 0 Å². The summed E-state index contributed by atoms with van der Waals surface area (Å²) in [5.41, 5.74) is 0. The fourth-order valence-electron chi connectivity index (χ4n) is 0.221. The second-order valence-corrected chi connectivity index (χ2v) is 0.869. The van der Waals surface area contributed by atoms with Gasteiger partial charge in [-0.3, -0.25) is 4.79 Å². The molecule has 0 saturated heterocycles. The van der Waals surface area contributed by atoms with Crippen LogP contribution in [0.1, 0.15) is 1.43 Å². The van der Waals surface area contributed by atoms with E-state index in [-0.39, 0.29) is 7.33 Å².